The summed E-state index contributed by atoms with van der Waals surface area (Å²) in [6, 6.07) is 13.7. The Hall–Kier alpha value is -3.06. The van der Waals surface area contributed by atoms with Gasteiger partial charge in [0.05, 0.1) is 23.8 Å². The molecule has 1 aromatic heterocycles. The van der Waals surface area contributed by atoms with Crippen molar-refractivity contribution in [3.05, 3.63) is 81.6 Å². The first-order valence-electron chi connectivity index (χ1n) is 10.4. The standard InChI is InChI=1S/C25H28BrN3O3/c1-5-29-15-21(26)22(27-29)16-28(3)25(30)13-11-19-10-12-24(31-4)20(14-19)17-32-23-9-7-6-8-18(23)2/h6-15H,5,16-17H2,1-4H3/b13-11+. The normalized spacial score (nSPS) is 11.0. The molecule has 0 radical (unpaired) electrons. The molecule has 1 amide bonds. The number of nitrogens with zero attached hydrogens (tertiary/aromatic N) is 3. The van der Waals surface area contributed by atoms with Crippen LogP contribution in [-0.2, 0) is 24.5 Å². The van der Waals surface area contributed by atoms with Crippen LogP contribution in [0.4, 0.5) is 0 Å². The molecule has 0 N–H and O–H groups in total. The Morgan fingerprint density at radius 3 is 2.69 bits per heavy atom. The third-order valence-electron chi connectivity index (χ3n) is 5.07. The van der Waals surface area contributed by atoms with E-state index in [1.54, 1.807) is 31.2 Å². The van der Waals surface area contributed by atoms with Gasteiger partial charge in [0, 0.05) is 31.4 Å². The van der Waals surface area contributed by atoms with Crippen LogP contribution >= 0.6 is 15.9 Å². The number of carbonyl (C=O) groups excluding carboxylic acids is 1. The van der Waals surface area contributed by atoms with Crippen molar-refractivity contribution >= 4 is 27.9 Å². The van der Waals surface area contributed by atoms with Crippen molar-refractivity contribution < 1.29 is 14.3 Å². The number of para-hydroxylation sites is 1. The van der Waals surface area contributed by atoms with Crippen molar-refractivity contribution in [1.29, 1.82) is 0 Å². The van der Waals surface area contributed by atoms with Crippen LogP contribution in [0.2, 0.25) is 0 Å². The van der Waals surface area contributed by atoms with Crippen LogP contribution in [0.5, 0.6) is 11.5 Å². The molecule has 0 fully saturated rings. The lowest BCUT2D eigenvalue weighted by atomic mass is 10.1. The van der Waals surface area contributed by atoms with E-state index in [0.29, 0.717) is 13.2 Å². The predicted molar refractivity (Wildman–Crippen MR) is 130 cm³/mol. The topological polar surface area (TPSA) is 56.6 Å². The van der Waals surface area contributed by atoms with Crippen molar-refractivity contribution in [2.45, 2.75) is 33.5 Å². The number of halogens is 1. The Balaban J connectivity index is 1.67. The lowest BCUT2D eigenvalue weighted by Crippen LogP contribution is -2.24. The van der Waals surface area contributed by atoms with Crippen molar-refractivity contribution in [3.8, 4) is 11.5 Å². The Morgan fingerprint density at radius 1 is 1.22 bits per heavy atom. The first-order chi connectivity index (χ1) is 15.4. The largest absolute Gasteiger partial charge is 0.496 e. The van der Waals surface area contributed by atoms with Gasteiger partial charge in [0.25, 0.3) is 0 Å². The first-order valence-corrected chi connectivity index (χ1v) is 11.2. The van der Waals surface area contributed by atoms with Gasteiger partial charge in [0.2, 0.25) is 5.91 Å². The maximum atomic E-state index is 12.6. The SMILES string of the molecule is CCn1cc(Br)c(CN(C)C(=O)/C=C/c2ccc(OC)c(COc3ccccc3C)c2)n1. The minimum atomic E-state index is -0.100. The van der Waals surface area contributed by atoms with E-state index in [2.05, 4.69) is 21.0 Å². The first kappa shape index (κ1) is 23.6. The Kier molecular flexibility index (Phi) is 8.11. The van der Waals surface area contributed by atoms with Crippen molar-refractivity contribution in [3.63, 3.8) is 0 Å². The summed E-state index contributed by atoms with van der Waals surface area (Å²) >= 11 is 3.51. The second kappa shape index (κ2) is 11.0. The predicted octanol–water partition coefficient (Wildman–Crippen LogP) is 5.23. The zero-order chi connectivity index (χ0) is 23.1. The Labute approximate surface area is 197 Å². The lowest BCUT2D eigenvalue weighted by Gasteiger charge is -2.14. The van der Waals surface area contributed by atoms with Crippen molar-refractivity contribution in [1.82, 2.24) is 14.7 Å². The molecule has 32 heavy (non-hydrogen) atoms. The molecule has 7 heteroatoms. The molecule has 0 spiro atoms. The highest BCUT2D eigenvalue weighted by Gasteiger charge is 2.12. The third-order valence-corrected chi connectivity index (χ3v) is 5.74. The van der Waals surface area contributed by atoms with Crippen molar-refractivity contribution in [2.24, 2.45) is 0 Å². The Morgan fingerprint density at radius 2 is 2.00 bits per heavy atom. The van der Waals surface area contributed by atoms with Crippen LogP contribution in [0.3, 0.4) is 0 Å². The summed E-state index contributed by atoms with van der Waals surface area (Å²) in [4.78, 5) is 14.2. The molecular weight excluding hydrogens is 470 g/mol. The van der Waals surface area contributed by atoms with Crippen LogP contribution in [0.25, 0.3) is 6.08 Å². The van der Waals surface area contributed by atoms with E-state index >= 15 is 0 Å². The number of rotatable bonds is 9. The van der Waals surface area contributed by atoms with Crippen LogP contribution in [0, 0.1) is 6.92 Å². The van der Waals surface area contributed by atoms with Gasteiger partial charge >= 0.3 is 0 Å². The third kappa shape index (κ3) is 6.01. The van der Waals surface area contributed by atoms with E-state index in [4.69, 9.17) is 9.47 Å². The summed E-state index contributed by atoms with van der Waals surface area (Å²) in [5, 5.41) is 4.48. The van der Waals surface area contributed by atoms with Gasteiger partial charge in [-0.05, 0) is 65.2 Å². The highest BCUT2D eigenvalue weighted by atomic mass is 79.9. The van der Waals surface area contributed by atoms with Crippen LogP contribution in [0.15, 0.2) is 59.2 Å². The van der Waals surface area contributed by atoms with Crippen LogP contribution in [-0.4, -0.2) is 34.7 Å². The number of hydrogen-bond acceptors (Lipinski definition) is 4. The molecule has 2 aromatic carbocycles. The molecule has 1 heterocycles. The second-order valence-electron chi connectivity index (χ2n) is 7.43. The monoisotopic (exact) mass is 497 g/mol. The average molecular weight is 498 g/mol. The summed E-state index contributed by atoms with van der Waals surface area (Å²) in [6.45, 7) is 5.62. The molecule has 0 unspecified atom stereocenters. The molecule has 0 bridgehead atoms. The van der Waals surface area contributed by atoms with E-state index in [1.807, 2.05) is 67.2 Å². The van der Waals surface area contributed by atoms with Gasteiger partial charge in [0.1, 0.15) is 18.1 Å². The molecule has 0 aliphatic carbocycles. The minimum Gasteiger partial charge on any atom is -0.496 e. The van der Waals surface area contributed by atoms with Gasteiger partial charge in [-0.25, -0.2) is 0 Å². The summed E-state index contributed by atoms with van der Waals surface area (Å²) in [5.74, 6) is 1.48. The quantitative estimate of drug-likeness (QED) is 0.379. The smallest absolute Gasteiger partial charge is 0.246 e. The molecular formula is C25H28BrN3O3. The number of benzene rings is 2. The van der Waals surface area contributed by atoms with E-state index in [1.165, 1.54) is 0 Å². The number of methoxy groups -OCH3 is 1. The zero-order valence-electron chi connectivity index (χ0n) is 18.8. The molecule has 3 rings (SSSR count). The van der Waals surface area contributed by atoms with E-state index in [-0.39, 0.29) is 5.91 Å². The van der Waals surface area contributed by atoms with Gasteiger partial charge in [-0.15, -0.1) is 0 Å². The lowest BCUT2D eigenvalue weighted by molar-refractivity contribution is -0.125. The van der Waals surface area contributed by atoms with Gasteiger partial charge in [-0.2, -0.15) is 5.10 Å². The fourth-order valence-corrected chi connectivity index (χ4v) is 3.63. The molecule has 0 atom stereocenters. The maximum Gasteiger partial charge on any atom is 0.246 e. The summed E-state index contributed by atoms with van der Waals surface area (Å²) in [6.07, 6.45) is 5.29. The average Bonchev–Trinajstić information content (AvgIpc) is 3.16. The number of likely N-dealkylation sites (N-methyl/N-ethyl adjacent to an activating group) is 1. The summed E-state index contributed by atoms with van der Waals surface area (Å²) in [5.41, 5.74) is 3.71. The summed E-state index contributed by atoms with van der Waals surface area (Å²) in [7, 11) is 3.40. The van der Waals surface area contributed by atoms with E-state index < -0.39 is 0 Å². The maximum absolute atomic E-state index is 12.6. The number of amides is 1. The highest BCUT2D eigenvalue weighted by molar-refractivity contribution is 9.10. The fourth-order valence-electron chi connectivity index (χ4n) is 3.19. The highest BCUT2D eigenvalue weighted by Crippen LogP contribution is 2.24. The minimum absolute atomic E-state index is 0.100. The van der Waals surface area contributed by atoms with Gasteiger partial charge < -0.3 is 14.4 Å². The van der Waals surface area contributed by atoms with Gasteiger partial charge in [0.15, 0.2) is 0 Å². The number of aromatic nitrogens is 2. The van der Waals surface area contributed by atoms with E-state index in [9.17, 15) is 4.79 Å². The fraction of sp³-hybridized carbons (Fsp3) is 0.280. The number of ether oxygens (including phenoxy) is 2. The van der Waals surface area contributed by atoms with Crippen LogP contribution in [0.1, 0.15) is 29.3 Å². The van der Waals surface area contributed by atoms with Gasteiger partial charge in [-0.3, -0.25) is 9.48 Å². The molecule has 0 aliphatic rings. The molecule has 0 saturated heterocycles. The van der Waals surface area contributed by atoms with Crippen molar-refractivity contribution in [2.75, 3.05) is 14.2 Å². The molecule has 6 nitrogen and oxygen atoms in total. The molecule has 168 valence electrons. The molecule has 0 saturated carbocycles. The van der Waals surface area contributed by atoms with E-state index in [0.717, 1.165) is 44.9 Å². The zero-order valence-corrected chi connectivity index (χ0v) is 20.4. The van der Waals surface area contributed by atoms with Gasteiger partial charge in [-0.1, -0.05) is 24.3 Å². The molecule has 3 aromatic rings. The number of carbonyl (C=O) groups is 1. The number of hydrogen-bond donors (Lipinski definition) is 0. The van der Waals surface area contributed by atoms with Crippen LogP contribution < -0.4 is 9.47 Å². The Bertz CT molecular complexity index is 1110. The molecule has 0 aliphatic heterocycles. The number of aryl methyl sites for hydroxylation is 2. The summed E-state index contributed by atoms with van der Waals surface area (Å²) < 4.78 is 14.2. The second-order valence-corrected chi connectivity index (χ2v) is 8.29.